The number of urea groups is 1. The lowest BCUT2D eigenvalue weighted by atomic mass is 10.3. The van der Waals surface area contributed by atoms with E-state index in [9.17, 15) is 14.4 Å². The quantitative estimate of drug-likeness (QED) is 0.705. The van der Waals surface area contributed by atoms with Crippen LogP contribution in [-0.4, -0.2) is 43.7 Å². The standard InChI is InChI=1S/C16H17N3O6S/c1-23-8-14-18-12(9-26-14)15(21)25-7-13(20)19-16(22)17-10-3-5-11(24-2)6-4-10/h3-6,9H,7-8H2,1-2H3,(H2,17,19,20,22). The number of rotatable bonds is 7. The minimum atomic E-state index is -0.767. The van der Waals surface area contributed by atoms with Gasteiger partial charge in [0.05, 0.1) is 13.7 Å². The molecule has 0 radical (unpaired) electrons. The van der Waals surface area contributed by atoms with Crippen LogP contribution in [0.25, 0.3) is 0 Å². The van der Waals surface area contributed by atoms with Gasteiger partial charge in [0.2, 0.25) is 0 Å². The predicted octanol–water partition coefficient (Wildman–Crippen LogP) is 1.80. The van der Waals surface area contributed by atoms with Crippen molar-refractivity contribution in [2.75, 3.05) is 26.1 Å². The highest BCUT2D eigenvalue weighted by Gasteiger charge is 2.15. The molecule has 2 N–H and O–H groups in total. The van der Waals surface area contributed by atoms with Gasteiger partial charge in [-0.3, -0.25) is 10.1 Å². The molecule has 0 aliphatic rings. The van der Waals surface area contributed by atoms with Crippen LogP contribution in [0, 0.1) is 0 Å². The molecule has 3 amide bonds. The molecule has 10 heteroatoms. The summed E-state index contributed by atoms with van der Waals surface area (Å²) in [5.74, 6) is -0.888. The molecule has 0 spiro atoms. The number of hydrogen-bond donors (Lipinski definition) is 2. The number of hydrogen-bond acceptors (Lipinski definition) is 8. The van der Waals surface area contributed by atoms with E-state index >= 15 is 0 Å². The van der Waals surface area contributed by atoms with Crippen molar-refractivity contribution in [1.29, 1.82) is 0 Å². The molecular weight excluding hydrogens is 362 g/mol. The largest absolute Gasteiger partial charge is 0.497 e. The van der Waals surface area contributed by atoms with Crippen molar-refractivity contribution in [2.45, 2.75) is 6.61 Å². The normalized spacial score (nSPS) is 10.1. The topological polar surface area (TPSA) is 116 Å². The van der Waals surface area contributed by atoms with Gasteiger partial charge in [0.15, 0.2) is 12.3 Å². The Morgan fingerprint density at radius 2 is 1.88 bits per heavy atom. The van der Waals surface area contributed by atoms with Gasteiger partial charge in [0, 0.05) is 18.2 Å². The highest BCUT2D eigenvalue weighted by atomic mass is 32.1. The van der Waals surface area contributed by atoms with Gasteiger partial charge in [-0.05, 0) is 24.3 Å². The fourth-order valence-electron chi connectivity index (χ4n) is 1.80. The Labute approximate surface area is 153 Å². The Morgan fingerprint density at radius 1 is 1.15 bits per heavy atom. The average Bonchev–Trinajstić information content (AvgIpc) is 3.09. The Bertz CT molecular complexity index is 775. The number of aromatic nitrogens is 1. The van der Waals surface area contributed by atoms with Crippen molar-refractivity contribution >= 4 is 34.9 Å². The number of amides is 3. The molecule has 138 valence electrons. The van der Waals surface area contributed by atoms with E-state index in [2.05, 4.69) is 15.6 Å². The van der Waals surface area contributed by atoms with E-state index in [0.717, 1.165) is 0 Å². The van der Waals surface area contributed by atoms with Gasteiger partial charge in [-0.1, -0.05) is 0 Å². The molecule has 0 fully saturated rings. The molecule has 1 heterocycles. The van der Waals surface area contributed by atoms with Gasteiger partial charge in [-0.2, -0.15) is 0 Å². The Morgan fingerprint density at radius 3 is 2.54 bits per heavy atom. The summed E-state index contributed by atoms with van der Waals surface area (Å²) in [6.07, 6.45) is 0. The first kappa shape index (κ1) is 19.3. The summed E-state index contributed by atoms with van der Waals surface area (Å²) in [5, 5.41) is 6.64. The second kappa shape index (κ2) is 9.49. The van der Waals surface area contributed by atoms with Crippen molar-refractivity contribution in [3.63, 3.8) is 0 Å². The van der Waals surface area contributed by atoms with Gasteiger partial charge in [0.25, 0.3) is 5.91 Å². The van der Waals surface area contributed by atoms with E-state index < -0.39 is 24.5 Å². The molecule has 1 aromatic heterocycles. The molecule has 0 saturated carbocycles. The van der Waals surface area contributed by atoms with Crippen LogP contribution in [-0.2, 0) is 20.9 Å². The predicted molar refractivity (Wildman–Crippen MR) is 93.3 cm³/mol. The Kier molecular flexibility index (Phi) is 7.06. The number of thiazole rings is 1. The van der Waals surface area contributed by atoms with Crippen LogP contribution in [0.3, 0.4) is 0 Å². The van der Waals surface area contributed by atoms with E-state index in [0.29, 0.717) is 16.4 Å². The van der Waals surface area contributed by atoms with Gasteiger partial charge in [-0.25, -0.2) is 14.6 Å². The molecule has 0 atom stereocenters. The summed E-state index contributed by atoms with van der Waals surface area (Å²) >= 11 is 1.24. The van der Waals surface area contributed by atoms with Crippen LogP contribution in [0.1, 0.15) is 15.5 Å². The van der Waals surface area contributed by atoms with Crippen molar-refractivity contribution in [3.05, 3.63) is 40.3 Å². The third-order valence-corrected chi connectivity index (χ3v) is 3.79. The molecule has 2 rings (SSSR count). The van der Waals surface area contributed by atoms with Gasteiger partial charge in [-0.15, -0.1) is 11.3 Å². The van der Waals surface area contributed by atoms with Crippen molar-refractivity contribution in [2.24, 2.45) is 0 Å². The van der Waals surface area contributed by atoms with Crippen LogP contribution >= 0.6 is 11.3 Å². The van der Waals surface area contributed by atoms with E-state index in [1.807, 2.05) is 0 Å². The van der Waals surface area contributed by atoms with Crippen molar-refractivity contribution in [1.82, 2.24) is 10.3 Å². The number of carbonyl (C=O) groups is 3. The summed E-state index contributed by atoms with van der Waals surface area (Å²) in [7, 11) is 3.04. The molecule has 1 aromatic carbocycles. The number of ether oxygens (including phenoxy) is 3. The number of imide groups is 1. The van der Waals surface area contributed by atoms with E-state index in [1.165, 1.54) is 30.9 Å². The summed E-state index contributed by atoms with van der Waals surface area (Å²) < 4.78 is 14.7. The van der Waals surface area contributed by atoms with Crippen LogP contribution in [0.2, 0.25) is 0 Å². The maximum Gasteiger partial charge on any atom is 0.358 e. The fraction of sp³-hybridized carbons (Fsp3) is 0.250. The van der Waals surface area contributed by atoms with Crippen molar-refractivity contribution in [3.8, 4) is 5.75 Å². The zero-order valence-electron chi connectivity index (χ0n) is 14.1. The minimum absolute atomic E-state index is 0.0811. The molecule has 26 heavy (non-hydrogen) atoms. The van der Waals surface area contributed by atoms with Crippen molar-refractivity contribution < 1.29 is 28.6 Å². The summed E-state index contributed by atoms with van der Waals surface area (Å²) in [4.78, 5) is 39.2. The second-order valence-corrected chi connectivity index (χ2v) is 5.81. The van der Waals surface area contributed by atoms with Crippen LogP contribution < -0.4 is 15.4 Å². The van der Waals surface area contributed by atoms with E-state index in [1.54, 1.807) is 24.3 Å². The first-order valence-corrected chi connectivity index (χ1v) is 8.25. The molecule has 0 saturated heterocycles. The molecule has 0 aliphatic carbocycles. The molecular formula is C16H17N3O6S. The van der Waals surface area contributed by atoms with E-state index in [-0.39, 0.29) is 12.3 Å². The molecule has 0 unspecified atom stereocenters. The van der Waals surface area contributed by atoms with Gasteiger partial charge in [0.1, 0.15) is 10.8 Å². The number of anilines is 1. The molecule has 2 aromatic rings. The number of esters is 1. The monoisotopic (exact) mass is 379 g/mol. The third kappa shape index (κ3) is 5.83. The fourth-order valence-corrected chi connectivity index (χ4v) is 2.53. The molecule has 9 nitrogen and oxygen atoms in total. The van der Waals surface area contributed by atoms with Crippen LogP contribution in [0.15, 0.2) is 29.6 Å². The second-order valence-electron chi connectivity index (χ2n) is 4.87. The maximum absolute atomic E-state index is 11.8. The minimum Gasteiger partial charge on any atom is -0.497 e. The lowest BCUT2D eigenvalue weighted by Gasteiger charge is -2.07. The van der Waals surface area contributed by atoms with Crippen LogP contribution in [0.4, 0.5) is 10.5 Å². The third-order valence-electron chi connectivity index (χ3n) is 2.96. The van der Waals surface area contributed by atoms with Gasteiger partial charge < -0.3 is 19.5 Å². The molecule has 0 bridgehead atoms. The van der Waals surface area contributed by atoms with Crippen LogP contribution in [0.5, 0.6) is 5.75 Å². The lowest BCUT2D eigenvalue weighted by molar-refractivity contribution is -0.123. The Hall–Kier alpha value is -2.98. The number of benzene rings is 1. The number of nitrogens with zero attached hydrogens (tertiary/aromatic N) is 1. The SMILES string of the molecule is COCc1nc(C(=O)OCC(=O)NC(=O)Nc2ccc(OC)cc2)cs1. The Balaban J connectivity index is 1.76. The highest BCUT2D eigenvalue weighted by Crippen LogP contribution is 2.14. The zero-order valence-corrected chi connectivity index (χ0v) is 14.9. The van der Waals surface area contributed by atoms with Gasteiger partial charge >= 0.3 is 12.0 Å². The first-order valence-electron chi connectivity index (χ1n) is 7.37. The number of methoxy groups -OCH3 is 2. The highest BCUT2D eigenvalue weighted by molar-refractivity contribution is 7.09. The zero-order chi connectivity index (χ0) is 18.9. The number of carbonyl (C=O) groups excluding carboxylic acids is 3. The molecule has 0 aliphatic heterocycles. The summed E-state index contributed by atoms with van der Waals surface area (Å²) in [5.41, 5.74) is 0.554. The maximum atomic E-state index is 11.8. The smallest absolute Gasteiger partial charge is 0.358 e. The first-order chi connectivity index (χ1) is 12.5. The lowest BCUT2D eigenvalue weighted by Crippen LogP contribution is -2.37. The average molecular weight is 379 g/mol. The number of nitrogens with one attached hydrogen (secondary N) is 2. The van der Waals surface area contributed by atoms with E-state index in [4.69, 9.17) is 14.2 Å². The summed E-state index contributed by atoms with van der Waals surface area (Å²) in [6, 6.07) is 5.80. The summed E-state index contributed by atoms with van der Waals surface area (Å²) in [6.45, 7) is -0.323.